The van der Waals surface area contributed by atoms with Crippen LogP contribution >= 0.6 is 0 Å². The summed E-state index contributed by atoms with van der Waals surface area (Å²) in [6.45, 7) is 4.90. The third-order valence-corrected chi connectivity index (χ3v) is 4.07. The van der Waals surface area contributed by atoms with Gasteiger partial charge in [0.15, 0.2) is 0 Å². The zero-order valence-electron chi connectivity index (χ0n) is 12.5. The zero-order valence-corrected chi connectivity index (χ0v) is 12.5. The SMILES string of the molecule is C=CC[C@@]1(CO)CCCN(C(=O)Cc2cc(=O)[nH]c(N)n2)C1. The highest BCUT2D eigenvalue weighted by Gasteiger charge is 2.35. The second-order valence-electron chi connectivity index (χ2n) is 5.87. The van der Waals surface area contributed by atoms with Crippen LogP contribution in [-0.4, -0.2) is 45.6 Å². The number of carbonyl (C=O) groups excluding carboxylic acids is 1. The monoisotopic (exact) mass is 306 g/mol. The predicted octanol–water partition coefficient (Wildman–Crippen LogP) is 0.0718. The van der Waals surface area contributed by atoms with E-state index in [1.807, 2.05) is 0 Å². The van der Waals surface area contributed by atoms with Gasteiger partial charge < -0.3 is 15.7 Å². The van der Waals surface area contributed by atoms with Crippen LogP contribution < -0.4 is 11.3 Å². The lowest BCUT2D eigenvalue weighted by Gasteiger charge is -2.41. The van der Waals surface area contributed by atoms with Crippen molar-refractivity contribution in [1.29, 1.82) is 0 Å². The van der Waals surface area contributed by atoms with Crippen LogP contribution in [-0.2, 0) is 11.2 Å². The van der Waals surface area contributed by atoms with Crippen molar-refractivity contribution in [1.82, 2.24) is 14.9 Å². The minimum Gasteiger partial charge on any atom is -0.396 e. The number of nitrogens with zero attached hydrogens (tertiary/aromatic N) is 2. The summed E-state index contributed by atoms with van der Waals surface area (Å²) in [5.74, 6) is -0.107. The Hall–Kier alpha value is -2.15. The van der Waals surface area contributed by atoms with E-state index in [-0.39, 0.29) is 35.9 Å². The van der Waals surface area contributed by atoms with Crippen molar-refractivity contribution < 1.29 is 9.90 Å². The minimum absolute atomic E-state index is 0.00491. The highest BCUT2D eigenvalue weighted by molar-refractivity contribution is 5.78. The molecule has 4 N–H and O–H groups in total. The largest absolute Gasteiger partial charge is 0.396 e. The van der Waals surface area contributed by atoms with Crippen molar-refractivity contribution in [3.63, 3.8) is 0 Å². The number of piperidine rings is 1. The molecule has 1 atom stereocenters. The molecule has 0 saturated carbocycles. The van der Waals surface area contributed by atoms with Gasteiger partial charge in [0.2, 0.25) is 11.9 Å². The number of hydrogen-bond acceptors (Lipinski definition) is 5. The number of hydrogen-bond donors (Lipinski definition) is 3. The van der Waals surface area contributed by atoms with E-state index in [0.29, 0.717) is 25.2 Å². The lowest BCUT2D eigenvalue weighted by Crippen LogP contribution is -2.48. The van der Waals surface area contributed by atoms with Crippen LogP contribution in [0.2, 0.25) is 0 Å². The summed E-state index contributed by atoms with van der Waals surface area (Å²) >= 11 is 0. The number of aliphatic hydroxyl groups is 1. The molecule has 1 aromatic heterocycles. The summed E-state index contributed by atoms with van der Waals surface area (Å²) in [7, 11) is 0. The Balaban J connectivity index is 2.08. The molecule has 0 aliphatic carbocycles. The topological polar surface area (TPSA) is 112 Å². The van der Waals surface area contributed by atoms with Crippen molar-refractivity contribution in [3.8, 4) is 0 Å². The number of nitrogens with one attached hydrogen (secondary N) is 1. The van der Waals surface area contributed by atoms with E-state index in [4.69, 9.17) is 5.73 Å². The van der Waals surface area contributed by atoms with E-state index in [1.54, 1.807) is 11.0 Å². The number of nitrogens with two attached hydrogens (primary N) is 1. The maximum atomic E-state index is 12.4. The van der Waals surface area contributed by atoms with E-state index >= 15 is 0 Å². The first-order valence-corrected chi connectivity index (χ1v) is 7.33. The molecule has 1 fully saturated rings. The lowest BCUT2D eigenvalue weighted by molar-refractivity contribution is -0.134. The molecule has 0 radical (unpaired) electrons. The van der Waals surface area contributed by atoms with Gasteiger partial charge in [-0.2, -0.15) is 0 Å². The van der Waals surface area contributed by atoms with Crippen LogP contribution in [0, 0.1) is 5.41 Å². The number of rotatable bonds is 5. The van der Waals surface area contributed by atoms with Crippen molar-refractivity contribution in [2.75, 3.05) is 25.4 Å². The Bertz CT molecular complexity index is 613. The van der Waals surface area contributed by atoms with E-state index in [1.165, 1.54) is 6.07 Å². The number of carbonyl (C=O) groups is 1. The van der Waals surface area contributed by atoms with Crippen molar-refractivity contribution in [3.05, 3.63) is 34.8 Å². The fourth-order valence-corrected chi connectivity index (χ4v) is 2.97. The molecule has 0 spiro atoms. The van der Waals surface area contributed by atoms with Crippen molar-refractivity contribution in [2.45, 2.75) is 25.7 Å². The first-order valence-electron chi connectivity index (χ1n) is 7.33. The molecule has 0 bridgehead atoms. The fraction of sp³-hybridized carbons (Fsp3) is 0.533. The molecule has 7 nitrogen and oxygen atoms in total. The molecule has 0 aromatic carbocycles. The molecule has 22 heavy (non-hydrogen) atoms. The van der Waals surface area contributed by atoms with Crippen LogP contribution in [0.4, 0.5) is 5.95 Å². The van der Waals surface area contributed by atoms with Gasteiger partial charge in [0, 0.05) is 24.6 Å². The molecule has 1 aliphatic rings. The normalized spacial score (nSPS) is 21.6. The maximum absolute atomic E-state index is 12.4. The lowest BCUT2D eigenvalue weighted by atomic mass is 9.77. The number of anilines is 1. The van der Waals surface area contributed by atoms with Crippen LogP contribution in [0.3, 0.4) is 0 Å². The molecule has 1 aliphatic heterocycles. The number of aliphatic hydroxyl groups excluding tert-OH is 1. The molecular formula is C15H22N4O3. The van der Waals surface area contributed by atoms with Gasteiger partial charge in [0.1, 0.15) is 0 Å². The van der Waals surface area contributed by atoms with Crippen molar-refractivity contribution >= 4 is 11.9 Å². The summed E-state index contributed by atoms with van der Waals surface area (Å²) in [4.78, 5) is 31.8. The molecule has 7 heteroatoms. The Labute approximate surface area is 128 Å². The predicted molar refractivity (Wildman–Crippen MR) is 83.1 cm³/mol. The Kier molecular flexibility index (Phi) is 4.97. The molecule has 1 amide bonds. The molecule has 2 heterocycles. The third kappa shape index (κ3) is 3.73. The average Bonchev–Trinajstić information content (AvgIpc) is 2.46. The van der Waals surface area contributed by atoms with Gasteiger partial charge in [-0.1, -0.05) is 6.08 Å². The second kappa shape index (κ2) is 6.74. The standard InChI is InChI=1S/C15H22N4O3/c1-2-4-15(10-20)5-3-6-19(9-15)13(22)8-11-7-12(21)18-14(16)17-11/h2,7,20H,1,3-6,8-10H2,(H3,16,17,18,21)/t15-/m1/s1. The smallest absolute Gasteiger partial charge is 0.252 e. The maximum Gasteiger partial charge on any atom is 0.252 e. The van der Waals surface area contributed by atoms with Crippen LogP contribution in [0.25, 0.3) is 0 Å². The fourth-order valence-electron chi connectivity index (χ4n) is 2.97. The molecule has 0 unspecified atom stereocenters. The Morgan fingerprint density at radius 1 is 1.64 bits per heavy atom. The highest BCUT2D eigenvalue weighted by atomic mass is 16.3. The minimum atomic E-state index is -0.370. The highest BCUT2D eigenvalue weighted by Crippen LogP contribution is 2.33. The number of allylic oxidation sites excluding steroid dienone is 1. The number of aromatic amines is 1. The van der Waals surface area contributed by atoms with Gasteiger partial charge in [-0.25, -0.2) is 4.98 Å². The van der Waals surface area contributed by atoms with E-state index in [2.05, 4.69) is 16.5 Å². The Morgan fingerprint density at radius 3 is 3.05 bits per heavy atom. The molecular weight excluding hydrogens is 284 g/mol. The van der Waals surface area contributed by atoms with Gasteiger partial charge in [-0.15, -0.1) is 6.58 Å². The summed E-state index contributed by atoms with van der Waals surface area (Å²) in [5.41, 5.74) is 5.16. The van der Waals surface area contributed by atoms with Gasteiger partial charge in [-0.3, -0.25) is 14.6 Å². The molecule has 120 valence electrons. The summed E-state index contributed by atoms with van der Waals surface area (Å²) in [6.07, 6.45) is 4.19. The van der Waals surface area contributed by atoms with Crippen molar-refractivity contribution in [2.24, 2.45) is 5.41 Å². The van der Waals surface area contributed by atoms with Crippen LogP contribution in [0.15, 0.2) is 23.5 Å². The number of H-pyrrole nitrogens is 1. The summed E-state index contributed by atoms with van der Waals surface area (Å²) < 4.78 is 0. The van der Waals surface area contributed by atoms with Crippen LogP contribution in [0.5, 0.6) is 0 Å². The first kappa shape index (κ1) is 16.2. The Morgan fingerprint density at radius 2 is 2.41 bits per heavy atom. The molecule has 1 saturated heterocycles. The van der Waals surface area contributed by atoms with Gasteiger partial charge in [0.25, 0.3) is 5.56 Å². The first-order chi connectivity index (χ1) is 10.5. The zero-order chi connectivity index (χ0) is 16.2. The van der Waals surface area contributed by atoms with Gasteiger partial charge in [-0.05, 0) is 19.3 Å². The van der Waals surface area contributed by atoms with E-state index < -0.39 is 0 Å². The average molecular weight is 306 g/mol. The van der Waals surface area contributed by atoms with Crippen LogP contribution in [0.1, 0.15) is 25.0 Å². The third-order valence-electron chi connectivity index (χ3n) is 4.07. The van der Waals surface area contributed by atoms with E-state index in [0.717, 1.165) is 12.8 Å². The second-order valence-corrected chi connectivity index (χ2v) is 5.87. The number of nitrogen functional groups attached to an aromatic ring is 1. The van der Waals surface area contributed by atoms with Gasteiger partial charge >= 0.3 is 0 Å². The number of likely N-dealkylation sites (tertiary alicyclic amines) is 1. The van der Waals surface area contributed by atoms with E-state index in [9.17, 15) is 14.7 Å². The summed E-state index contributed by atoms with van der Waals surface area (Å²) in [6, 6.07) is 1.28. The quantitative estimate of drug-likeness (QED) is 0.667. The van der Waals surface area contributed by atoms with Gasteiger partial charge in [0.05, 0.1) is 18.7 Å². The molecule has 2 rings (SSSR count). The number of amides is 1. The number of aromatic nitrogens is 2. The summed E-state index contributed by atoms with van der Waals surface area (Å²) in [5, 5.41) is 9.67. The molecule has 1 aromatic rings.